The summed E-state index contributed by atoms with van der Waals surface area (Å²) in [5, 5.41) is 0.631. The first kappa shape index (κ1) is 13.2. The monoisotopic (exact) mass is 298 g/mol. The van der Waals surface area contributed by atoms with E-state index in [0.717, 1.165) is 9.96 Å². The molecule has 20 heavy (non-hydrogen) atoms. The summed E-state index contributed by atoms with van der Waals surface area (Å²) in [7, 11) is 0. The van der Waals surface area contributed by atoms with Crippen LogP contribution in [0.3, 0.4) is 0 Å². The summed E-state index contributed by atoms with van der Waals surface area (Å²) < 4.78 is 1.16. The van der Waals surface area contributed by atoms with Gasteiger partial charge in [-0.3, -0.25) is 0 Å². The lowest BCUT2D eigenvalue weighted by molar-refractivity contribution is 1.36. The van der Waals surface area contributed by atoms with Crippen LogP contribution in [0, 0.1) is 0 Å². The Morgan fingerprint density at radius 2 is 1.65 bits per heavy atom. The number of hydrogen-bond donors (Lipinski definition) is 1. The Kier molecular flexibility index (Phi) is 4.04. The molecule has 100 valence electrons. The third kappa shape index (κ3) is 3.21. The van der Waals surface area contributed by atoms with Crippen LogP contribution >= 0.6 is 23.1 Å². The summed E-state index contributed by atoms with van der Waals surface area (Å²) in [6.07, 6.45) is 1.84. The van der Waals surface area contributed by atoms with E-state index in [1.807, 2.05) is 12.3 Å². The highest BCUT2D eigenvalue weighted by atomic mass is 32.2. The van der Waals surface area contributed by atoms with Crippen LogP contribution in [-0.4, -0.2) is 4.98 Å². The van der Waals surface area contributed by atoms with Crippen molar-refractivity contribution in [2.24, 2.45) is 0 Å². The molecule has 0 aliphatic rings. The van der Waals surface area contributed by atoms with Crippen molar-refractivity contribution in [3.05, 3.63) is 66.4 Å². The number of benzene rings is 2. The van der Waals surface area contributed by atoms with Gasteiger partial charge in [-0.25, -0.2) is 4.98 Å². The van der Waals surface area contributed by atoms with Crippen molar-refractivity contribution in [2.45, 2.75) is 9.96 Å². The summed E-state index contributed by atoms with van der Waals surface area (Å²) in [6.45, 7) is 0. The molecule has 0 spiro atoms. The maximum atomic E-state index is 5.63. The van der Waals surface area contributed by atoms with Crippen LogP contribution in [0.1, 0.15) is 5.56 Å². The molecule has 0 saturated heterocycles. The molecule has 1 heterocycles. The molecule has 0 radical (unpaired) electrons. The van der Waals surface area contributed by atoms with Gasteiger partial charge in [-0.15, -0.1) is 11.8 Å². The molecule has 2 N–H and O–H groups in total. The van der Waals surface area contributed by atoms with Crippen LogP contribution in [-0.2, 0) is 5.75 Å². The molecular formula is C16H14N2S2. The first-order valence-corrected chi connectivity index (χ1v) is 8.10. The van der Waals surface area contributed by atoms with Gasteiger partial charge in [0, 0.05) is 5.75 Å². The van der Waals surface area contributed by atoms with E-state index in [1.54, 1.807) is 11.8 Å². The van der Waals surface area contributed by atoms with Crippen molar-refractivity contribution in [2.75, 3.05) is 5.73 Å². The molecule has 0 amide bonds. The van der Waals surface area contributed by atoms with Crippen LogP contribution in [0.2, 0.25) is 0 Å². The molecule has 3 rings (SSSR count). The van der Waals surface area contributed by atoms with E-state index >= 15 is 0 Å². The first-order valence-electron chi connectivity index (χ1n) is 6.30. The summed E-state index contributed by atoms with van der Waals surface area (Å²) in [5.74, 6) is 0.941. The molecule has 0 aliphatic heterocycles. The van der Waals surface area contributed by atoms with E-state index in [9.17, 15) is 0 Å². The molecule has 0 saturated carbocycles. The van der Waals surface area contributed by atoms with Gasteiger partial charge >= 0.3 is 0 Å². The number of thioether (sulfide) groups is 1. The quantitative estimate of drug-likeness (QED) is 0.710. The van der Waals surface area contributed by atoms with Crippen LogP contribution in [0.5, 0.6) is 0 Å². The Labute approximate surface area is 126 Å². The zero-order valence-electron chi connectivity index (χ0n) is 10.8. The summed E-state index contributed by atoms with van der Waals surface area (Å²) >= 11 is 3.31. The lowest BCUT2D eigenvalue weighted by atomic mass is 10.0. The summed E-state index contributed by atoms with van der Waals surface area (Å²) in [6, 6.07) is 19.1. The predicted molar refractivity (Wildman–Crippen MR) is 88.0 cm³/mol. The van der Waals surface area contributed by atoms with Gasteiger partial charge in [0.1, 0.15) is 0 Å². The highest BCUT2D eigenvalue weighted by molar-refractivity contribution is 8.00. The summed E-state index contributed by atoms with van der Waals surface area (Å²) in [4.78, 5) is 4.06. The van der Waals surface area contributed by atoms with Crippen molar-refractivity contribution in [1.82, 2.24) is 4.98 Å². The molecule has 0 aliphatic carbocycles. The van der Waals surface area contributed by atoms with Gasteiger partial charge in [-0.2, -0.15) is 0 Å². The minimum Gasteiger partial charge on any atom is -0.375 e. The molecule has 0 unspecified atom stereocenters. The number of thiazole rings is 1. The van der Waals surface area contributed by atoms with E-state index in [1.165, 1.54) is 28.0 Å². The molecule has 2 nitrogen and oxygen atoms in total. The molecule has 0 atom stereocenters. The largest absolute Gasteiger partial charge is 0.375 e. The Balaban J connectivity index is 1.67. The summed E-state index contributed by atoms with van der Waals surface area (Å²) in [5.41, 5.74) is 9.44. The van der Waals surface area contributed by atoms with Gasteiger partial charge < -0.3 is 5.73 Å². The molecule has 0 bridgehead atoms. The fourth-order valence-corrected chi connectivity index (χ4v) is 3.63. The van der Waals surface area contributed by atoms with E-state index in [0.29, 0.717) is 5.13 Å². The van der Waals surface area contributed by atoms with Gasteiger partial charge in [0.15, 0.2) is 5.13 Å². The number of nitrogens with zero attached hydrogens (tertiary/aromatic N) is 1. The van der Waals surface area contributed by atoms with Gasteiger partial charge in [0.05, 0.1) is 10.4 Å². The zero-order chi connectivity index (χ0) is 13.8. The molecular weight excluding hydrogens is 284 g/mol. The second kappa shape index (κ2) is 6.11. The predicted octanol–water partition coefficient (Wildman–Crippen LogP) is 4.68. The maximum absolute atomic E-state index is 5.63. The zero-order valence-corrected chi connectivity index (χ0v) is 12.5. The highest BCUT2D eigenvalue weighted by Crippen LogP contribution is 2.29. The van der Waals surface area contributed by atoms with Crippen molar-refractivity contribution in [1.29, 1.82) is 0 Å². The molecule has 1 aromatic heterocycles. The average Bonchev–Trinajstić information content (AvgIpc) is 2.92. The SMILES string of the molecule is Nc1ncc(SCc2ccc(-c3ccccc3)cc2)s1. The van der Waals surface area contributed by atoms with E-state index in [-0.39, 0.29) is 0 Å². The van der Waals surface area contributed by atoms with Crippen molar-refractivity contribution < 1.29 is 0 Å². The molecule has 0 fully saturated rings. The van der Waals surface area contributed by atoms with Crippen LogP contribution in [0.25, 0.3) is 11.1 Å². The Morgan fingerprint density at radius 1 is 0.950 bits per heavy atom. The molecule has 4 heteroatoms. The van der Waals surface area contributed by atoms with Gasteiger partial charge in [0.25, 0.3) is 0 Å². The van der Waals surface area contributed by atoms with Crippen LogP contribution in [0.4, 0.5) is 5.13 Å². The molecule has 2 aromatic carbocycles. The van der Waals surface area contributed by atoms with E-state index in [4.69, 9.17) is 5.73 Å². The number of aromatic nitrogens is 1. The average molecular weight is 298 g/mol. The maximum Gasteiger partial charge on any atom is 0.181 e. The Bertz CT molecular complexity index is 675. The number of rotatable bonds is 4. The Morgan fingerprint density at radius 3 is 2.30 bits per heavy atom. The standard InChI is InChI=1S/C16H14N2S2/c17-16-18-10-15(20-16)19-11-12-6-8-14(9-7-12)13-4-2-1-3-5-13/h1-10H,11H2,(H2,17,18). The molecule has 3 aromatic rings. The van der Waals surface area contributed by atoms with Crippen molar-refractivity contribution in [3.8, 4) is 11.1 Å². The first-order chi connectivity index (χ1) is 9.81. The van der Waals surface area contributed by atoms with Gasteiger partial charge in [-0.1, -0.05) is 65.9 Å². The van der Waals surface area contributed by atoms with Crippen LogP contribution in [0.15, 0.2) is 65.0 Å². The highest BCUT2D eigenvalue weighted by Gasteiger charge is 2.01. The number of nitrogen functional groups attached to an aromatic ring is 1. The van der Waals surface area contributed by atoms with Gasteiger partial charge in [-0.05, 0) is 16.7 Å². The van der Waals surface area contributed by atoms with Gasteiger partial charge in [0.2, 0.25) is 0 Å². The number of nitrogens with two attached hydrogens (primary N) is 1. The van der Waals surface area contributed by atoms with E-state index in [2.05, 4.69) is 53.5 Å². The normalized spacial score (nSPS) is 10.6. The lowest BCUT2D eigenvalue weighted by Crippen LogP contribution is -1.81. The number of anilines is 1. The van der Waals surface area contributed by atoms with Crippen molar-refractivity contribution in [3.63, 3.8) is 0 Å². The smallest absolute Gasteiger partial charge is 0.181 e. The minimum atomic E-state index is 0.631. The topological polar surface area (TPSA) is 38.9 Å². The van der Waals surface area contributed by atoms with Crippen molar-refractivity contribution >= 4 is 28.2 Å². The second-order valence-electron chi connectivity index (χ2n) is 4.37. The minimum absolute atomic E-state index is 0.631. The number of hydrogen-bond acceptors (Lipinski definition) is 4. The lowest BCUT2D eigenvalue weighted by Gasteiger charge is -2.03. The van der Waals surface area contributed by atoms with Crippen LogP contribution < -0.4 is 5.73 Å². The third-order valence-corrected chi connectivity index (χ3v) is 5.04. The Hall–Kier alpha value is -1.78. The second-order valence-corrected chi connectivity index (χ2v) is 6.71. The van der Waals surface area contributed by atoms with E-state index < -0.39 is 0 Å². The fraction of sp³-hybridized carbons (Fsp3) is 0.0625. The fourth-order valence-electron chi connectivity index (χ4n) is 1.92. The third-order valence-electron chi connectivity index (χ3n) is 2.94.